The first-order chi connectivity index (χ1) is 9.65. The standard InChI is InChI=1S/C15H19N3OS/c1-3-18(4-2)14(19)9-11-10-20-15(17-11)12-7-5-6-8-13(12)16/h5-8,10H,3-4,9,16H2,1-2H3. The van der Waals surface area contributed by atoms with E-state index < -0.39 is 0 Å². The van der Waals surface area contributed by atoms with Gasteiger partial charge in [-0.2, -0.15) is 0 Å². The zero-order valence-electron chi connectivity index (χ0n) is 11.8. The van der Waals surface area contributed by atoms with Crippen molar-refractivity contribution in [3.05, 3.63) is 35.3 Å². The van der Waals surface area contributed by atoms with Crippen LogP contribution in [0.4, 0.5) is 5.69 Å². The van der Waals surface area contributed by atoms with Crippen LogP contribution >= 0.6 is 11.3 Å². The molecule has 2 N–H and O–H groups in total. The summed E-state index contributed by atoms with van der Waals surface area (Å²) in [5.74, 6) is 0.118. The largest absolute Gasteiger partial charge is 0.398 e. The lowest BCUT2D eigenvalue weighted by atomic mass is 10.2. The Kier molecular flexibility index (Phi) is 4.74. The third-order valence-electron chi connectivity index (χ3n) is 3.19. The summed E-state index contributed by atoms with van der Waals surface area (Å²) in [6.07, 6.45) is 0.352. The number of hydrogen-bond acceptors (Lipinski definition) is 4. The average Bonchev–Trinajstić information content (AvgIpc) is 2.89. The lowest BCUT2D eigenvalue weighted by molar-refractivity contribution is -0.130. The second-order valence-electron chi connectivity index (χ2n) is 4.47. The van der Waals surface area contributed by atoms with Gasteiger partial charge >= 0.3 is 0 Å². The van der Waals surface area contributed by atoms with Crippen LogP contribution in [0.1, 0.15) is 19.5 Å². The van der Waals surface area contributed by atoms with Crippen LogP contribution in [0.5, 0.6) is 0 Å². The SMILES string of the molecule is CCN(CC)C(=O)Cc1csc(-c2ccccc2N)n1. The predicted octanol–water partition coefficient (Wildman–Crippen LogP) is 2.80. The molecule has 0 radical (unpaired) electrons. The average molecular weight is 289 g/mol. The van der Waals surface area contributed by atoms with Crippen molar-refractivity contribution >= 4 is 22.9 Å². The Morgan fingerprint density at radius 3 is 2.65 bits per heavy atom. The molecule has 0 bridgehead atoms. The van der Waals surface area contributed by atoms with E-state index in [0.29, 0.717) is 12.1 Å². The summed E-state index contributed by atoms with van der Waals surface area (Å²) >= 11 is 1.52. The molecule has 20 heavy (non-hydrogen) atoms. The van der Waals surface area contributed by atoms with Gasteiger partial charge in [0.25, 0.3) is 0 Å². The zero-order chi connectivity index (χ0) is 14.5. The summed E-state index contributed by atoms with van der Waals surface area (Å²) in [6, 6.07) is 7.65. The monoisotopic (exact) mass is 289 g/mol. The molecule has 1 aromatic carbocycles. The van der Waals surface area contributed by atoms with E-state index in [1.807, 2.05) is 48.4 Å². The maximum Gasteiger partial charge on any atom is 0.228 e. The van der Waals surface area contributed by atoms with E-state index in [-0.39, 0.29) is 5.91 Å². The number of nitrogens with zero attached hydrogens (tertiary/aromatic N) is 2. The first-order valence-electron chi connectivity index (χ1n) is 6.72. The van der Waals surface area contributed by atoms with Gasteiger partial charge in [-0.3, -0.25) is 4.79 Å². The first-order valence-corrected chi connectivity index (χ1v) is 7.60. The van der Waals surface area contributed by atoms with Crippen LogP contribution in [0.2, 0.25) is 0 Å². The summed E-state index contributed by atoms with van der Waals surface area (Å²) in [6.45, 7) is 5.44. The minimum absolute atomic E-state index is 0.118. The number of para-hydroxylation sites is 1. The molecule has 0 saturated carbocycles. The van der Waals surface area contributed by atoms with Crippen molar-refractivity contribution in [2.45, 2.75) is 20.3 Å². The Labute approximate surface area is 123 Å². The fourth-order valence-corrected chi connectivity index (χ4v) is 2.91. The number of amides is 1. The molecule has 0 unspecified atom stereocenters. The summed E-state index contributed by atoms with van der Waals surface area (Å²) in [5, 5.41) is 2.80. The molecule has 5 heteroatoms. The van der Waals surface area contributed by atoms with Crippen LogP contribution in [0.15, 0.2) is 29.6 Å². The van der Waals surface area contributed by atoms with Gasteiger partial charge in [0.2, 0.25) is 5.91 Å². The maximum absolute atomic E-state index is 12.1. The smallest absolute Gasteiger partial charge is 0.228 e. The number of carbonyl (C=O) groups is 1. The van der Waals surface area contributed by atoms with E-state index in [2.05, 4.69) is 4.98 Å². The number of thiazole rings is 1. The maximum atomic E-state index is 12.1. The van der Waals surface area contributed by atoms with Gasteiger partial charge in [-0.15, -0.1) is 11.3 Å². The van der Waals surface area contributed by atoms with Crippen molar-refractivity contribution in [2.24, 2.45) is 0 Å². The molecule has 106 valence electrons. The molecule has 2 aromatic rings. The number of hydrogen-bond donors (Lipinski definition) is 1. The van der Waals surface area contributed by atoms with E-state index in [4.69, 9.17) is 5.73 Å². The van der Waals surface area contributed by atoms with Gasteiger partial charge in [0, 0.05) is 29.7 Å². The molecule has 1 aromatic heterocycles. The molecular weight excluding hydrogens is 270 g/mol. The van der Waals surface area contributed by atoms with Gasteiger partial charge in [0.15, 0.2) is 0 Å². The van der Waals surface area contributed by atoms with Crippen LogP contribution in [0.3, 0.4) is 0 Å². The van der Waals surface area contributed by atoms with Gasteiger partial charge < -0.3 is 10.6 Å². The highest BCUT2D eigenvalue weighted by Gasteiger charge is 2.14. The molecule has 1 amide bonds. The molecule has 1 heterocycles. The number of nitrogen functional groups attached to an aromatic ring is 1. The van der Waals surface area contributed by atoms with Crippen molar-refractivity contribution in [1.82, 2.24) is 9.88 Å². The molecule has 0 spiro atoms. The van der Waals surface area contributed by atoms with Gasteiger partial charge in [0.05, 0.1) is 12.1 Å². The third-order valence-corrected chi connectivity index (χ3v) is 4.12. The highest BCUT2D eigenvalue weighted by molar-refractivity contribution is 7.13. The van der Waals surface area contributed by atoms with Gasteiger partial charge in [0.1, 0.15) is 5.01 Å². The number of nitrogens with two attached hydrogens (primary N) is 1. The van der Waals surface area contributed by atoms with Gasteiger partial charge in [-0.05, 0) is 26.0 Å². The van der Waals surface area contributed by atoms with E-state index in [1.165, 1.54) is 11.3 Å². The van der Waals surface area contributed by atoms with Crippen molar-refractivity contribution in [1.29, 1.82) is 0 Å². The van der Waals surface area contributed by atoms with E-state index >= 15 is 0 Å². The van der Waals surface area contributed by atoms with Gasteiger partial charge in [-0.25, -0.2) is 4.98 Å². The number of likely N-dealkylation sites (N-methyl/N-ethyl adjacent to an activating group) is 1. The van der Waals surface area contributed by atoms with E-state index in [0.717, 1.165) is 29.4 Å². The highest BCUT2D eigenvalue weighted by Crippen LogP contribution is 2.28. The number of aromatic nitrogens is 1. The van der Waals surface area contributed by atoms with Crippen molar-refractivity contribution in [2.75, 3.05) is 18.8 Å². The molecule has 2 rings (SSSR count). The highest BCUT2D eigenvalue weighted by atomic mass is 32.1. The molecule has 4 nitrogen and oxygen atoms in total. The lowest BCUT2D eigenvalue weighted by Crippen LogP contribution is -2.31. The molecule has 0 fully saturated rings. The molecule has 0 aliphatic carbocycles. The molecule has 0 aliphatic heterocycles. The number of rotatable bonds is 5. The Bertz CT molecular complexity index is 590. The predicted molar refractivity (Wildman–Crippen MR) is 83.6 cm³/mol. The summed E-state index contributed by atoms with van der Waals surface area (Å²) < 4.78 is 0. The number of anilines is 1. The first kappa shape index (κ1) is 14.5. The van der Waals surface area contributed by atoms with E-state index in [9.17, 15) is 4.79 Å². The molecule has 0 aliphatic rings. The van der Waals surface area contributed by atoms with Crippen molar-refractivity contribution in [3.63, 3.8) is 0 Å². The Hall–Kier alpha value is -1.88. The van der Waals surface area contributed by atoms with E-state index in [1.54, 1.807) is 0 Å². The fourth-order valence-electron chi connectivity index (χ4n) is 2.05. The van der Waals surface area contributed by atoms with Crippen molar-refractivity contribution in [3.8, 4) is 10.6 Å². The summed E-state index contributed by atoms with van der Waals surface area (Å²) in [7, 11) is 0. The minimum Gasteiger partial charge on any atom is -0.398 e. The van der Waals surface area contributed by atoms with Crippen LogP contribution in [-0.2, 0) is 11.2 Å². The van der Waals surface area contributed by atoms with Crippen molar-refractivity contribution < 1.29 is 4.79 Å². The normalized spacial score (nSPS) is 10.5. The Balaban J connectivity index is 2.14. The third kappa shape index (κ3) is 3.17. The summed E-state index contributed by atoms with van der Waals surface area (Å²) in [4.78, 5) is 18.4. The second-order valence-corrected chi connectivity index (χ2v) is 5.33. The Morgan fingerprint density at radius 2 is 2.00 bits per heavy atom. The van der Waals surface area contributed by atoms with Crippen LogP contribution < -0.4 is 5.73 Å². The lowest BCUT2D eigenvalue weighted by Gasteiger charge is -2.17. The fraction of sp³-hybridized carbons (Fsp3) is 0.333. The molecule has 0 saturated heterocycles. The number of carbonyl (C=O) groups excluding carboxylic acids is 1. The topological polar surface area (TPSA) is 59.2 Å². The second kappa shape index (κ2) is 6.52. The minimum atomic E-state index is 0.118. The quantitative estimate of drug-likeness (QED) is 0.861. The van der Waals surface area contributed by atoms with Crippen LogP contribution in [-0.4, -0.2) is 28.9 Å². The molecular formula is C15H19N3OS. The Morgan fingerprint density at radius 1 is 1.30 bits per heavy atom. The summed E-state index contributed by atoms with van der Waals surface area (Å²) in [5.41, 5.74) is 8.40. The number of benzene rings is 1. The molecule has 0 atom stereocenters. The van der Waals surface area contributed by atoms with Crippen LogP contribution in [0, 0.1) is 0 Å². The van der Waals surface area contributed by atoms with Crippen LogP contribution in [0.25, 0.3) is 10.6 Å². The zero-order valence-corrected chi connectivity index (χ0v) is 12.6. The van der Waals surface area contributed by atoms with Gasteiger partial charge in [-0.1, -0.05) is 12.1 Å².